The molecule has 4 heteroatoms. The molecular weight excluding hydrogens is 224 g/mol. The fourth-order valence-electron chi connectivity index (χ4n) is 3.85. The highest BCUT2D eigenvalue weighted by Gasteiger charge is 2.74. The van der Waals surface area contributed by atoms with E-state index in [0.717, 1.165) is 6.42 Å². The van der Waals surface area contributed by atoms with Gasteiger partial charge < -0.3 is 12.9 Å². The molecule has 0 heterocycles. The predicted octanol–water partition coefficient (Wildman–Crippen LogP) is 4.27. The SMILES string of the molecule is CCc1ccccc1C12CC([B-](F)(F)F)(C1)C2. The van der Waals surface area contributed by atoms with Crippen molar-refractivity contribution in [2.75, 3.05) is 0 Å². The van der Waals surface area contributed by atoms with E-state index in [1.54, 1.807) is 0 Å². The third-order valence-corrected chi connectivity index (χ3v) is 4.74. The maximum atomic E-state index is 12.9. The first-order chi connectivity index (χ1) is 7.93. The zero-order chi connectivity index (χ0) is 12.3. The van der Waals surface area contributed by atoms with Crippen molar-refractivity contribution in [3.8, 4) is 0 Å². The van der Waals surface area contributed by atoms with Gasteiger partial charge in [-0.1, -0.05) is 55.8 Å². The Morgan fingerprint density at radius 3 is 2.24 bits per heavy atom. The number of hydrogen-bond acceptors (Lipinski definition) is 0. The molecule has 0 saturated heterocycles. The van der Waals surface area contributed by atoms with Crippen molar-refractivity contribution >= 4 is 6.98 Å². The van der Waals surface area contributed by atoms with E-state index in [-0.39, 0.29) is 5.41 Å². The van der Waals surface area contributed by atoms with Crippen LogP contribution in [0.2, 0.25) is 5.31 Å². The van der Waals surface area contributed by atoms with Crippen LogP contribution in [0.1, 0.15) is 37.3 Å². The van der Waals surface area contributed by atoms with Gasteiger partial charge in [-0.25, -0.2) is 0 Å². The van der Waals surface area contributed by atoms with Crippen LogP contribution in [0.15, 0.2) is 24.3 Å². The molecule has 2 bridgehead atoms. The van der Waals surface area contributed by atoms with Crippen molar-refractivity contribution in [1.29, 1.82) is 0 Å². The van der Waals surface area contributed by atoms with Crippen LogP contribution in [0, 0.1) is 0 Å². The normalized spacial score (nSPS) is 35.1. The molecule has 0 aliphatic heterocycles. The van der Waals surface area contributed by atoms with E-state index in [0.29, 0.717) is 19.3 Å². The molecule has 3 fully saturated rings. The van der Waals surface area contributed by atoms with Crippen LogP contribution in [0.5, 0.6) is 0 Å². The zero-order valence-corrected chi connectivity index (χ0v) is 9.85. The molecule has 92 valence electrons. The summed E-state index contributed by atoms with van der Waals surface area (Å²) in [6.07, 6.45) is 1.91. The quantitative estimate of drug-likeness (QED) is 0.691. The van der Waals surface area contributed by atoms with Gasteiger partial charge in [-0.05, 0) is 23.0 Å². The Labute approximate surface area is 99.3 Å². The first-order valence-corrected chi connectivity index (χ1v) is 6.20. The van der Waals surface area contributed by atoms with Gasteiger partial charge in [0.05, 0.1) is 0 Å². The number of benzene rings is 1. The second-order valence-corrected chi connectivity index (χ2v) is 5.76. The van der Waals surface area contributed by atoms with Crippen molar-refractivity contribution in [1.82, 2.24) is 0 Å². The Morgan fingerprint density at radius 2 is 1.71 bits per heavy atom. The minimum absolute atomic E-state index is 0.135. The minimum Gasteiger partial charge on any atom is -0.449 e. The Morgan fingerprint density at radius 1 is 1.12 bits per heavy atom. The van der Waals surface area contributed by atoms with Gasteiger partial charge in [0.25, 0.3) is 0 Å². The fraction of sp³-hybridized carbons (Fsp3) is 0.538. The lowest BCUT2D eigenvalue weighted by Gasteiger charge is -2.76. The van der Waals surface area contributed by atoms with Gasteiger partial charge in [0, 0.05) is 0 Å². The molecule has 3 saturated carbocycles. The first-order valence-electron chi connectivity index (χ1n) is 6.20. The molecule has 0 atom stereocenters. The molecule has 0 aromatic heterocycles. The smallest absolute Gasteiger partial charge is 0.449 e. The first kappa shape index (κ1) is 11.2. The third kappa shape index (κ3) is 1.27. The highest BCUT2D eigenvalue weighted by atomic mass is 19.4. The summed E-state index contributed by atoms with van der Waals surface area (Å²) in [6, 6.07) is 7.98. The van der Waals surface area contributed by atoms with Gasteiger partial charge >= 0.3 is 6.98 Å². The molecule has 1 aromatic rings. The van der Waals surface area contributed by atoms with Crippen LogP contribution < -0.4 is 0 Å². The minimum atomic E-state index is -4.65. The average molecular weight is 239 g/mol. The maximum absolute atomic E-state index is 12.9. The molecule has 3 aliphatic rings. The van der Waals surface area contributed by atoms with Crippen LogP contribution in [-0.2, 0) is 11.8 Å². The van der Waals surface area contributed by atoms with Gasteiger partial charge in [0.1, 0.15) is 0 Å². The van der Waals surface area contributed by atoms with Crippen LogP contribution in [0.4, 0.5) is 12.9 Å². The van der Waals surface area contributed by atoms with Crippen molar-refractivity contribution in [2.45, 2.75) is 43.3 Å². The van der Waals surface area contributed by atoms with Gasteiger partial charge in [0.2, 0.25) is 0 Å². The summed E-state index contributed by atoms with van der Waals surface area (Å²) in [7, 11) is 0. The summed E-state index contributed by atoms with van der Waals surface area (Å²) >= 11 is 0. The summed E-state index contributed by atoms with van der Waals surface area (Å²) in [4.78, 5) is 0. The van der Waals surface area contributed by atoms with E-state index in [1.807, 2.05) is 24.3 Å². The summed E-state index contributed by atoms with van der Waals surface area (Å²) < 4.78 is 38.6. The summed E-state index contributed by atoms with van der Waals surface area (Å²) in [5.74, 6) is 0. The predicted molar refractivity (Wildman–Crippen MR) is 63.1 cm³/mol. The summed E-state index contributed by atoms with van der Waals surface area (Å²) in [5.41, 5.74) is 2.25. The monoisotopic (exact) mass is 239 g/mol. The second-order valence-electron chi connectivity index (χ2n) is 5.76. The molecule has 0 unspecified atom stereocenters. The van der Waals surface area contributed by atoms with Crippen LogP contribution in [0.3, 0.4) is 0 Å². The maximum Gasteiger partial charge on any atom is 0.484 e. The molecule has 0 N–H and O–H groups in total. The van der Waals surface area contributed by atoms with Crippen molar-refractivity contribution in [2.24, 2.45) is 0 Å². The largest absolute Gasteiger partial charge is 0.484 e. The highest BCUT2D eigenvalue weighted by molar-refractivity contribution is 6.63. The molecule has 4 rings (SSSR count). The lowest BCUT2D eigenvalue weighted by molar-refractivity contribution is -0.0406. The van der Waals surface area contributed by atoms with Gasteiger partial charge in [-0.2, -0.15) is 0 Å². The standard InChI is InChI=1S/C13H15BF3/c1-2-10-5-3-4-6-11(10)12-7-13(8-12,9-12)14(15,16)17/h3-6H,2,7-9H2,1H3/q-1. The Kier molecular flexibility index (Phi) is 2.03. The number of aryl methyl sites for hydroxylation is 1. The van der Waals surface area contributed by atoms with Crippen LogP contribution in [-0.4, -0.2) is 6.98 Å². The van der Waals surface area contributed by atoms with E-state index >= 15 is 0 Å². The van der Waals surface area contributed by atoms with Crippen LogP contribution >= 0.6 is 0 Å². The van der Waals surface area contributed by atoms with Gasteiger partial charge in [0.15, 0.2) is 0 Å². The highest BCUT2D eigenvalue weighted by Crippen LogP contribution is 2.82. The average Bonchev–Trinajstić information content (AvgIpc) is 2.12. The molecule has 0 nitrogen and oxygen atoms in total. The Balaban J connectivity index is 1.87. The molecular formula is C13H15BF3-. The molecule has 1 aromatic carbocycles. The second kappa shape index (κ2) is 3.09. The van der Waals surface area contributed by atoms with Crippen molar-refractivity contribution in [3.63, 3.8) is 0 Å². The Hall–Kier alpha value is -0.925. The van der Waals surface area contributed by atoms with Gasteiger partial charge in [-0.3, -0.25) is 0 Å². The van der Waals surface area contributed by atoms with Gasteiger partial charge in [-0.15, -0.1) is 0 Å². The molecule has 0 radical (unpaired) electrons. The molecule has 0 amide bonds. The number of halogens is 3. The third-order valence-electron chi connectivity index (χ3n) is 4.74. The lowest BCUT2D eigenvalue weighted by Crippen LogP contribution is -2.67. The van der Waals surface area contributed by atoms with E-state index in [2.05, 4.69) is 6.92 Å². The van der Waals surface area contributed by atoms with Crippen molar-refractivity contribution < 1.29 is 12.9 Å². The lowest BCUT2D eigenvalue weighted by atomic mass is 9.23. The number of hydrogen-bond donors (Lipinski definition) is 0. The van der Waals surface area contributed by atoms with E-state index in [4.69, 9.17) is 0 Å². The summed E-state index contributed by atoms with van der Waals surface area (Å²) in [6.45, 7) is -2.59. The van der Waals surface area contributed by atoms with E-state index < -0.39 is 12.3 Å². The van der Waals surface area contributed by atoms with Crippen molar-refractivity contribution in [3.05, 3.63) is 35.4 Å². The topological polar surface area (TPSA) is 0 Å². The molecule has 3 aliphatic carbocycles. The summed E-state index contributed by atoms with van der Waals surface area (Å²) in [5, 5.41) is -1.28. The van der Waals surface area contributed by atoms with Crippen LogP contribution in [0.25, 0.3) is 0 Å². The fourth-order valence-corrected chi connectivity index (χ4v) is 3.85. The molecule has 17 heavy (non-hydrogen) atoms. The van der Waals surface area contributed by atoms with E-state index in [1.165, 1.54) is 11.1 Å². The van der Waals surface area contributed by atoms with E-state index in [9.17, 15) is 12.9 Å². The Bertz CT molecular complexity index is 444. The zero-order valence-electron chi connectivity index (χ0n) is 9.85. The molecule has 0 spiro atoms. The number of rotatable bonds is 3.